The normalized spacial score (nSPS) is 10.7. The summed E-state index contributed by atoms with van der Waals surface area (Å²) in [6.07, 6.45) is 0. The molecule has 0 aliphatic rings. The highest BCUT2D eigenvalue weighted by Crippen LogP contribution is 2.34. The number of para-hydroxylation sites is 1. The van der Waals surface area contributed by atoms with E-state index >= 15 is 0 Å². The Bertz CT molecular complexity index is 678. The quantitative estimate of drug-likeness (QED) is 0.709. The first-order valence-electron chi connectivity index (χ1n) is 5.31. The molecule has 3 aromatic rings. The summed E-state index contributed by atoms with van der Waals surface area (Å²) in [4.78, 5) is 4.38. The molecule has 0 spiro atoms. The van der Waals surface area contributed by atoms with Crippen LogP contribution in [-0.2, 0) is 0 Å². The van der Waals surface area contributed by atoms with Crippen LogP contribution in [0.4, 0.5) is 5.69 Å². The third-order valence-corrected chi connectivity index (χ3v) is 3.59. The maximum absolute atomic E-state index is 5.84. The molecule has 0 unspecified atom stereocenters. The van der Waals surface area contributed by atoms with Crippen LogP contribution in [-0.4, -0.2) is 4.98 Å². The zero-order valence-corrected chi connectivity index (χ0v) is 10.8. The van der Waals surface area contributed by atoms with Gasteiger partial charge in [-0.2, -0.15) is 0 Å². The molecule has 3 nitrogen and oxygen atoms in total. The van der Waals surface area contributed by atoms with Gasteiger partial charge in [0, 0.05) is 5.02 Å². The first-order valence-corrected chi connectivity index (χ1v) is 6.50. The highest BCUT2D eigenvalue weighted by molar-refractivity contribution is 7.20. The molecule has 0 fully saturated rings. The van der Waals surface area contributed by atoms with E-state index in [2.05, 4.69) is 4.98 Å². The molecule has 0 saturated carbocycles. The minimum Gasteiger partial charge on any atom is -0.429 e. The van der Waals surface area contributed by atoms with Gasteiger partial charge in [0.2, 0.25) is 0 Å². The van der Waals surface area contributed by atoms with Crippen molar-refractivity contribution in [2.24, 2.45) is 0 Å². The second-order valence-electron chi connectivity index (χ2n) is 3.73. The summed E-state index contributed by atoms with van der Waals surface area (Å²) in [7, 11) is 0. The van der Waals surface area contributed by atoms with E-state index < -0.39 is 0 Å². The molecule has 0 aliphatic heterocycles. The predicted octanol–water partition coefficient (Wildman–Crippen LogP) is 4.32. The highest BCUT2D eigenvalue weighted by Gasteiger charge is 2.07. The zero-order valence-electron chi connectivity index (χ0n) is 9.26. The second-order valence-corrected chi connectivity index (χ2v) is 5.16. The molecule has 0 amide bonds. The van der Waals surface area contributed by atoms with Gasteiger partial charge >= 0.3 is 0 Å². The van der Waals surface area contributed by atoms with E-state index in [1.165, 1.54) is 11.3 Å². The smallest absolute Gasteiger partial charge is 0.279 e. The van der Waals surface area contributed by atoms with Gasteiger partial charge in [0.25, 0.3) is 5.19 Å². The molecular weight excluding hydrogens is 268 g/mol. The number of nitrogens with two attached hydrogens (primary N) is 1. The molecule has 0 atom stereocenters. The molecule has 1 heterocycles. The van der Waals surface area contributed by atoms with E-state index in [1.807, 2.05) is 24.3 Å². The Labute approximate surface area is 113 Å². The van der Waals surface area contributed by atoms with Crippen LogP contribution >= 0.6 is 22.9 Å². The average molecular weight is 277 g/mol. The molecule has 0 saturated heterocycles. The van der Waals surface area contributed by atoms with Crippen molar-refractivity contribution >= 4 is 38.8 Å². The molecule has 18 heavy (non-hydrogen) atoms. The van der Waals surface area contributed by atoms with Crippen molar-refractivity contribution in [3.8, 4) is 10.9 Å². The van der Waals surface area contributed by atoms with E-state index in [4.69, 9.17) is 22.1 Å². The number of nitrogen functional groups attached to an aromatic ring is 1. The lowest BCUT2D eigenvalue weighted by atomic mass is 10.3. The highest BCUT2D eigenvalue weighted by atomic mass is 35.5. The van der Waals surface area contributed by atoms with Gasteiger partial charge in [-0.25, -0.2) is 4.98 Å². The van der Waals surface area contributed by atoms with Crippen molar-refractivity contribution in [1.29, 1.82) is 0 Å². The van der Waals surface area contributed by atoms with E-state index in [-0.39, 0.29) is 0 Å². The Balaban J connectivity index is 1.96. The van der Waals surface area contributed by atoms with Gasteiger partial charge in [0.05, 0.1) is 15.9 Å². The lowest BCUT2D eigenvalue weighted by molar-refractivity contribution is 0.482. The van der Waals surface area contributed by atoms with Crippen molar-refractivity contribution in [2.45, 2.75) is 0 Å². The minimum atomic E-state index is 0.502. The number of aromatic nitrogens is 1. The van der Waals surface area contributed by atoms with Crippen molar-refractivity contribution in [3.05, 3.63) is 47.5 Å². The number of benzene rings is 2. The van der Waals surface area contributed by atoms with Gasteiger partial charge in [-0.1, -0.05) is 35.1 Å². The first kappa shape index (κ1) is 11.3. The lowest BCUT2D eigenvalue weighted by Crippen LogP contribution is -1.91. The lowest BCUT2D eigenvalue weighted by Gasteiger charge is -2.04. The van der Waals surface area contributed by atoms with Crippen molar-refractivity contribution in [3.63, 3.8) is 0 Å². The fourth-order valence-electron chi connectivity index (χ4n) is 1.60. The molecule has 2 aromatic carbocycles. The third-order valence-electron chi connectivity index (χ3n) is 2.44. The monoisotopic (exact) mass is 276 g/mol. The fourth-order valence-corrected chi connectivity index (χ4v) is 2.61. The molecule has 2 N–H and O–H groups in total. The Kier molecular flexibility index (Phi) is 2.81. The number of thiazole rings is 1. The Morgan fingerprint density at radius 2 is 2.00 bits per heavy atom. The van der Waals surface area contributed by atoms with Crippen LogP contribution < -0.4 is 10.5 Å². The number of rotatable bonds is 2. The van der Waals surface area contributed by atoms with Crippen molar-refractivity contribution in [2.75, 3.05) is 5.73 Å². The summed E-state index contributed by atoms with van der Waals surface area (Å²) in [5, 5.41) is 1.16. The van der Waals surface area contributed by atoms with Crippen LogP contribution in [0.5, 0.6) is 10.9 Å². The summed E-state index contributed by atoms with van der Waals surface area (Å²) < 4.78 is 6.76. The van der Waals surface area contributed by atoms with E-state index in [0.717, 1.165) is 10.2 Å². The van der Waals surface area contributed by atoms with E-state index in [1.54, 1.807) is 18.2 Å². The van der Waals surface area contributed by atoms with E-state index in [0.29, 0.717) is 21.7 Å². The number of nitrogens with zero attached hydrogens (tertiary/aromatic N) is 1. The molecule has 1 aromatic heterocycles. The molecule has 0 aliphatic carbocycles. The van der Waals surface area contributed by atoms with E-state index in [9.17, 15) is 0 Å². The van der Waals surface area contributed by atoms with Crippen LogP contribution in [0.2, 0.25) is 5.02 Å². The number of halogens is 1. The molecule has 0 radical (unpaired) electrons. The van der Waals surface area contributed by atoms with Crippen LogP contribution in [0.25, 0.3) is 10.2 Å². The van der Waals surface area contributed by atoms with Crippen LogP contribution in [0.15, 0.2) is 42.5 Å². The number of hydrogen-bond acceptors (Lipinski definition) is 4. The molecule has 90 valence electrons. The SMILES string of the molecule is Nc1cc(Cl)ccc1Oc1nc2ccccc2s1. The number of ether oxygens (including phenoxy) is 1. The topological polar surface area (TPSA) is 48.1 Å². The standard InChI is InChI=1S/C13H9ClN2OS/c14-8-5-6-11(9(15)7-8)17-13-16-10-3-1-2-4-12(10)18-13/h1-7H,15H2. The molecular formula is C13H9ClN2OS. The number of anilines is 1. The minimum absolute atomic E-state index is 0.502. The molecule has 3 rings (SSSR count). The van der Waals surface area contributed by atoms with Crippen LogP contribution in [0.3, 0.4) is 0 Å². The first-order chi connectivity index (χ1) is 8.72. The second kappa shape index (κ2) is 4.48. The van der Waals surface area contributed by atoms with Gasteiger partial charge in [0.15, 0.2) is 5.75 Å². The largest absolute Gasteiger partial charge is 0.429 e. The summed E-state index contributed by atoms with van der Waals surface area (Å²) in [5.41, 5.74) is 7.25. The fraction of sp³-hybridized carbons (Fsp3) is 0. The summed E-state index contributed by atoms with van der Waals surface area (Å²) in [6.45, 7) is 0. The van der Waals surface area contributed by atoms with Gasteiger partial charge in [0.1, 0.15) is 0 Å². The van der Waals surface area contributed by atoms with Crippen LogP contribution in [0.1, 0.15) is 0 Å². The van der Waals surface area contributed by atoms with Gasteiger partial charge < -0.3 is 10.5 Å². The van der Waals surface area contributed by atoms with Gasteiger partial charge in [-0.05, 0) is 30.3 Å². The average Bonchev–Trinajstić information content (AvgIpc) is 2.75. The van der Waals surface area contributed by atoms with Crippen molar-refractivity contribution < 1.29 is 4.74 Å². The number of fused-ring (bicyclic) bond motifs is 1. The van der Waals surface area contributed by atoms with Crippen LogP contribution in [0, 0.1) is 0 Å². The molecule has 0 bridgehead atoms. The van der Waals surface area contributed by atoms with Gasteiger partial charge in [-0.3, -0.25) is 0 Å². The zero-order chi connectivity index (χ0) is 12.5. The number of hydrogen-bond donors (Lipinski definition) is 1. The van der Waals surface area contributed by atoms with Gasteiger partial charge in [-0.15, -0.1) is 0 Å². The summed E-state index contributed by atoms with van der Waals surface area (Å²) in [5.74, 6) is 0.568. The maximum Gasteiger partial charge on any atom is 0.279 e. The summed E-state index contributed by atoms with van der Waals surface area (Å²) >= 11 is 7.32. The predicted molar refractivity (Wildman–Crippen MR) is 75.6 cm³/mol. The Morgan fingerprint density at radius 1 is 1.17 bits per heavy atom. The Hall–Kier alpha value is -1.78. The Morgan fingerprint density at radius 3 is 2.78 bits per heavy atom. The maximum atomic E-state index is 5.84. The summed E-state index contributed by atoms with van der Waals surface area (Å²) in [6, 6.07) is 13.0. The third kappa shape index (κ3) is 2.12. The molecule has 5 heteroatoms. The van der Waals surface area contributed by atoms with Crippen molar-refractivity contribution in [1.82, 2.24) is 4.98 Å².